The summed E-state index contributed by atoms with van der Waals surface area (Å²) in [5.41, 5.74) is 1.30. The minimum absolute atomic E-state index is 0.399. The average Bonchev–Trinajstić information content (AvgIpc) is 2.68. The molecule has 1 aromatic heterocycles. The number of nitrogens with one attached hydrogen (secondary N) is 1. The van der Waals surface area contributed by atoms with Crippen LogP contribution in [-0.4, -0.2) is 42.4 Å². The Kier molecular flexibility index (Phi) is 5.49. The van der Waals surface area contributed by atoms with Crippen molar-refractivity contribution in [1.29, 1.82) is 0 Å². The van der Waals surface area contributed by atoms with Crippen molar-refractivity contribution < 1.29 is 0 Å². The molecule has 1 aromatic rings. The van der Waals surface area contributed by atoms with Crippen molar-refractivity contribution in [2.24, 2.45) is 0 Å². The zero-order valence-electron chi connectivity index (χ0n) is 10.9. The summed E-state index contributed by atoms with van der Waals surface area (Å²) < 4.78 is 2.11. The maximum atomic E-state index is 4.36. The first-order valence-corrected chi connectivity index (χ1v) is 6.02. The molecule has 0 aliphatic carbocycles. The van der Waals surface area contributed by atoms with Gasteiger partial charge in [-0.15, -0.1) is 0 Å². The Balaban J connectivity index is 2.66. The molecule has 1 rings (SSSR count). The zero-order valence-corrected chi connectivity index (χ0v) is 10.9. The molecule has 1 atom stereocenters. The third-order valence-electron chi connectivity index (χ3n) is 2.76. The molecule has 0 saturated heterocycles. The van der Waals surface area contributed by atoms with Gasteiger partial charge in [0.05, 0.1) is 11.7 Å². The van der Waals surface area contributed by atoms with Gasteiger partial charge in [0.25, 0.3) is 0 Å². The van der Waals surface area contributed by atoms with Crippen molar-refractivity contribution in [3.05, 3.63) is 18.0 Å². The molecule has 0 aliphatic rings. The average molecular weight is 224 g/mol. The van der Waals surface area contributed by atoms with E-state index in [1.807, 2.05) is 13.2 Å². The first kappa shape index (κ1) is 13.2. The van der Waals surface area contributed by atoms with E-state index in [4.69, 9.17) is 0 Å². The summed E-state index contributed by atoms with van der Waals surface area (Å²) in [6.45, 7) is 4.27. The molecule has 0 aliphatic heterocycles. The van der Waals surface area contributed by atoms with Crippen molar-refractivity contribution in [2.75, 3.05) is 27.7 Å². The topological polar surface area (TPSA) is 33.1 Å². The summed E-state index contributed by atoms with van der Waals surface area (Å²) >= 11 is 0. The highest BCUT2D eigenvalue weighted by Gasteiger charge is 2.13. The fourth-order valence-electron chi connectivity index (χ4n) is 1.86. The van der Waals surface area contributed by atoms with Crippen LogP contribution >= 0.6 is 0 Å². The van der Waals surface area contributed by atoms with E-state index in [1.54, 1.807) is 0 Å². The number of nitrogens with zero attached hydrogens (tertiary/aromatic N) is 3. The lowest BCUT2D eigenvalue weighted by molar-refractivity contribution is 0.359. The van der Waals surface area contributed by atoms with Crippen molar-refractivity contribution in [1.82, 2.24) is 20.0 Å². The van der Waals surface area contributed by atoms with Crippen LogP contribution in [0.3, 0.4) is 0 Å². The third kappa shape index (κ3) is 3.61. The van der Waals surface area contributed by atoms with Crippen molar-refractivity contribution in [2.45, 2.75) is 32.4 Å². The van der Waals surface area contributed by atoms with E-state index >= 15 is 0 Å². The molecule has 0 radical (unpaired) electrons. The SMILES string of the molecule is CCCn1nccc1C(CCN(C)C)NC. The number of aromatic nitrogens is 2. The summed E-state index contributed by atoms with van der Waals surface area (Å²) in [6, 6.07) is 2.52. The summed E-state index contributed by atoms with van der Waals surface area (Å²) in [4.78, 5) is 2.21. The summed E-state index contributed by atoms with van der Waals surface area (Å²) in [5.74, 6) is 0. The fourth-order valence-corrected chi connectivity index (χ4v) is 1.86. The molecule has 4 heteroatoms. The highest BCUT2D eigenvalue weighted by atomic mass is 15.3. The molecule has 0 bridgehead atoms. The molecule has 1 heterocycles. The monoisotopic (exact) mass is 224 g/mol. The Hall–Kier alpha value is -0.870. The van der Waals surface area contributed by atoms with Gasteiger partial charge in [0.15, 0.2) is 0 Å². The Morgan fingerprint density at radius 3 is 2.81 bits per heavy atom. The van der Waals surface area contributed by atoms with Crippen LogP contribution in [0.1, 0.15) is 31.5 Å². The predicted octanol–water partition coefficient (Wildman–Crippen LogP) is 1.51. The maximum Gasteiger partial charge on any atom is 0.0553 e. The van der Waals surface area contributed by atoms with E-state index in [2.05, 4.69) is 47.1 Å². The molecule has 1 unspecified atom stereocenters. The molecular weight excluding hydrogens is 200 g/mol. The minimum Gasteiger partial charge on any atom is -0.312 e. The molecule has 92 valence electrons. The molecular formula is C12H24N4. The van der Waals surface area contributed by atoms with Crippen LogP contribution in [0, 0.1) is 0 Å². The normalized spacial score (nSPS) is 13.3. The van der Waals surface area contributed by atoms with Crippen LogP contribution in [0.5, 0.6) is 0 Å². The van der Waals surface area contributed by atoms with Gasteiger partial charge in [-0.05, 0) is 46.6 Å². The van der Waals surface area contributed by atoms with Crippen LogP contribution in [0.25, 0.3) is 0 Å². The number of hydrogen-bond acceptors (Lipinski definition) is 3. The number of hydrogen-bond donors (Lipinski definition) is 1. The van der Waals surface area contributed by atoms with Crippen LogP contribution in [-0.2, 0) is 6.54 Å². The third-order valence-corrected chi connectivity index (χ3v) is 2.76. The first-order valence-electron chi connectivity index (χ1n) is 6.02. The van der Waals surface area contributed by atoms with Gasteiger partial charge < -0.3 is 10.2 Å². The van der Waals surface area contributed by atoms with Crippen LogP contribution in [0.15, 0.2) is 12.3 Å². The van der Waals surface area contributed by atoms with Crippen LogP contribution in [0.2, 0.25) is 0 Å². The molecule has 0 fully saturated rings. The van der Waals surface area contributed by atoms with Crippen molar-refractivity contribution in [3.8, 4) is 0 Å². The predicted molar refractivity (Wildman–Crippen MR) is 67.5 cm³/mol. The van der Waals surface area contributed by atoms with Gasteiger partial charge in [-0.3, -0.25) is 4.68 Å². The summed E-state index contributed by atoms with van der Waals surface area (Å²) in [7, 11) is 6.23. The van der Waals surface area contributed by atoms with Gasteiger partial charge in [-0.2, -0.15) is 5.10 Å². The molecule has 0 amide bonds. The summed E-state index contributed by atoms with van der Waals surface area (Å²) in [6.07, 6.45) is 4.13. The molecule has 0 aromatic carbocycles. The standard InChI is InChI=1S/C12H24N4/c1-5-9-16-12(6-8-14-16)11(13-2)7-10-15(3)4/h6,8,11,13H,5,7,9-10H2,1-4H3. The van der Waals surface area contributed by atoms with Gasteiger partial charge in [0, 0.05) is 12.7 Å². The van der Waals surface area contributed by atoms with E-state index in [9.17, 15) is 0 Å². The second-order valence-corrected chi connectivity index (χ2v) is 4.41. The number of rotatable bonds is 7. The Morgan fingerprint density at radius 2 is 2.25 bits per heavy atom. The second kappa shape index (κ2) is 6.66. The van der Waals surface area contributed by atoms with Crippen molar-refractivity contribution >= 4 is 0 Å². The largest absolute Gasteiger partial charge is 0.312 e. The molecule has 0 spiro atoms. The molecule has 16 heavy (non-hydrogen) atoms. The zero-order chi connectivity index (χ0) is 12.0. The number of aryl methyl sites for hydroxylation is 1. The first-order chi connectivity index (χ1) is 7.69. The Bertz CT molecular complexity index is 293. The Labute approximate surface area is 98.6 Å². The van der Waals surface area contributed by atoms with Gasteiger partial charge in [-0.1, -0.05) is 6.92 Å². The molecule has 1 N–H and O–H groups in total. The van der Waals surface area contributed by atoms with Gasteiger partial charge in [0.2, 0.25) is 0 Å². The fraction of sp³-hybridized carbons (Fsp3) is 0.750. The van der Waals surface area contributed by atoms with E-state index in [1.165, 1.54) is 5.69 Å². The highest BCUT2D eigenvalue weighted by Crippen LogP contribution is 2.16. The molecule has 4 nitrogen and oxygen atoms in total. The van der Waals surface area contributed by atoms with Crippen LogP contribution < -0.4 is 5.32 Å². The van der Waals surface area contributed by atoms with Crippen LogP contribution in [0.4, 0.5) is 0 Å². The van der Waals surface area contributed by atoms with Gasteiger partial charge in [0.1, 0.15) is 0 Å². The minimum atomic E-state index is 0.399. The lowest BCUT2D eigenvalue weighted by Crippen LogP contribution is -2.25. The van der Waals surface area contributed by atoms with Gasteiger partial charge in [-0.25, -0.2) is 0 Å². The quantitative estimate of drug-likeness (QED) is 0.762. The smallest absolute Gasteiger partial charge is 0.0553 e. The highest BCUT2D eigenvalue weighted by molar-refractivity contribution is 5.07. The lowest BCUT2D eigenvalue weighted by Gasteiger charge is -2.20. The lowest BCUT2D eigenvalue weighted by atomic mass is 10.1. The van der Waals surface area contributed by atoms with E-state index < -0.39 is 0 Å². The van der Waals surface area contributed by atoms with E-state index in [-0.39, 0.29) is 0 Å². The van der Waals surface area contributed by atoms with E-state index in [0.717, 1.165) is 25.9 Å². The van der Waals surface area contributed by atoms with Gasteiger partial charge >= 0.3 is 0 Å². The Morgan fingerprint density at radius 1 is 1.50 bits per heavy atom. The van der Waals surface area contributed by atoms with E-state index in [0.29, 0.717) is 6.04 Å². The molecule has 0 saturated carbocycles. The maximum absolute atomic E-state index is 4.36. The second-order valence-electron chi connectivity index (χ2n) is 4.41. The van der Waals surface area contributed by atoms with Crippen molar-refractivity contribution in [3.63, 3.8) is 0 Å². The summed E-state index contributed by atoms with van der Waals surface area (Å²) in [5, 5.41) is 7.74.